The molecular formula is C25H26N2O2S2. The van der Waals surface area contributed by atoms with Crippen molar-refractivity contribution < 1.29 is 9.59 Å². The van der Waals surface area contributed by atoms with Gasteiger partial charge in [-0.2, -0.15) is 0 Å². The summed E-state index contributed by atoms with van der Waals surface area (Å²) in [6, 6.07) is 14.8. The fourth-order valence-corrected chi connectivity index (χ4v) is 6.53. The molecule has 1 aliphatic carbocycles. The Balaban J connectivity index is 1.17. The largest absolute Gasteiger partial charge is 0.355 e. The van der Waals surface area contributed by atoms with Gasteiger partial charge in [0, 0.05) is 35.3 Å². The Morgan fingerprint density at radius 2 is 1.84 bits per heavy atom. The summed E-state index contributed by atoms with van der Waals surface area (Å²) in [4.78, 5) is 31.0. The molecule has 1 aliphatic heterocycles. The monoisotopic (exact) mass is 450 g/mol. The lowest BCUT2D eigenvalue weighted by atomic mass is 9.91. The Bertz CT molecular complexity index is 1080. The number of rotatable bonds is 5. The van der Waals surface area contributed by atoms with E-state index in [9.17, 15) is 9.59 Å². The van der Waals surface area contributed by atoms with E-state index >= 15 is 0 Å². The lowest BCUT2D eigenvalue weighted by Gasteiger charge is -2.31. The summed E-state index contributed by atoms with van der Waals surface area (Å²) in [5.41, 5.74) is 3.96. The molecule has 0 radical (unpaired) electrons. The van der Waals surface area contributed by atoms with Crippen molar-refractivity contribution in [2.24, 2.45) is 5.92 Å². The van der Waals surface area contributed by atoms with Crippen LogP contribution in [0.5, 0.6) is 0 Å². The number of hydrogen-bond donors (Lipinski definition) is 1. The summed E-state index contributed by atoms with van der Waals surface area (Å²) in [5.74, 6) is 0.260. The number of piperidine rings is 1. The zero-order valence-corrected chi connectivity index (χ0v) is 19.1. The predicted molar refractivity (Wildman–Crippen MR) is 127 cm³/mol. The van der Waals surface area contributed by atoms with Crippen molar-refractivity contribution in [1.29, 1.82) is 0 Å². The predicted octanol–water partition coefficient (Wildman–Crippen LogP) is 4.79. The van der Waals surface area contributed by atoms with Gasteiger partial charge >= 0.3 is 0 Å². The zero-order valence-electron chi connectivity index (χ0n) is 17.4. The van der Waals surface area contributed by atoms with Crippen LogP contribution in [0.15, 0.2) is 47.8 Å². The van der Waals surface area contributed by atoms with E-state index in [1.807, 2.05) is 11.0 Å². The molecule has 3 heterocycles. The van der Waals surface area contributed by atoms with Gasteiger partial charge < -0.3 is 10.2 Å². The standard InChI is InChI=1S/C25H26N2O2S2/c28-24(26-12-9-20-5-3-15-30-20)18-10-13-27(14-11-18)25(29)22-16-19-8-7-17-4-1-2-6-21(17)23(19)31-22/h1-6,15-16,18H,7-14H2,(H,26,28). The highest BCUT2D eigenvalue weighted by Crippen LogP contribution is 2.40. The maximum Gasteiger partial charge on any atom is 0.263 e. The van der Waals surface area contributed by atoms with Gasteiger partial charge in [-0.25, -0.2) is 0 Å². The topological polar surface area (TPSA) is 49.4 Å². The first-order valence-corrected chi connectivity index (χ1v) is 12.7. The molecule has 6 heteroatoms. The third-order valence-electron chi connectivity index (χ3n) is 6.35. The first kappa shape index (κ1) is 20.5. The number of likely N-dealkylation sites (tertiary alicyclic amines) is 1. The molecule has 1 N–H and O–H groups in total. The molecule has 1 aromatic carbocycles. The minimum absolute atomic E-state index is 0.0100. The van der Waals surface area contributed by atoms with Crippen molar-refractivity contribution in [2.75, 3.05) is 19.6 Å². The highest BCUT2D eigenvalue weighted by Gasteiger charge is 2.29. The van der Waals surface area contributed by atoms with Crippen LogP contribution < -0.4 is 5.32 Å². The van der Waals surface area contributed by atoms with E-state index < -0.39 is 0 Å². The van der Waals surface area contributed by atoms with Gasteiger partial charge in [0.25, 0.3) is 5.91 Å². The summed E-state index contributed by atoms with van der Waals surface area (Å²) in [6.07, 6.45) is 4.41. The number of amides is 2. The maximum absolute atomic E-state index is 13.1. The lowest BCUT2D eigenvalue weighted by Crippen LogP contribution is -2.43. The van der Waals surface area contributed by atoms with E-state index in [1.165, 1.54) is 26.4 Å². The molecular weight excluding hydrogens is 424 g/mol. The van der Waals surface area contributed by atoms with Gasteiger partial charge in [0.1, 0.15) is 0 Å². The highest BCUT2D eigenvalue weighted by molar-refractivity contribution is 7.17. The van der Waals surface area contributed by atoms with Crippen LogP contribution in [0.25, 0.3) is 10.4 Å². The first-order valence-electron chi connectivity index (χ1n) is 11.0. The van der Waals surface area contributed by atoms with Crippen LogP contribution in [-0.2, 0) is 24.1 Å². The Morgan fingerprint density at radius 1 is 1.03 bits per heavy atom. The SMILES string of the molecule is O=C(NCCc1cccs1)C1CCN(C(=O)c2cc3c(s2)-c2ccccc2CC3)CC1. The third kappa shape index (κ3) is 4.32. The number of benzene rings is 1. The molecule has 3 aromatic rings. The average Bonchev–Trinajstić information content (AvgIpc) is 3.48. The summed E-state index contributed by atoms with van der Waals surface area (Å²) in [5, 5.41) is 5.14. The first-order chi connectivity index (χ1) is 15.2. The van der Waals surface area contributed by atoms with Crippen LogP contribution >= 0.6 is 22.7 Å². The summed E-state index contributed by atoms with van der Waals surface area (Å²) in [6.45, 7) is 1.99. The molecule has 1 fully saturated rings. The van der Waals surface area contributed by atoms with Crippen molar-refractivity contribution >= 4 is 34.5 Å². The number of carbonyl (C=O) groups is 2. The molecule has 5 rings (SSSR count). The molecule has 2 aromatic heterocycles. The van der Waals surface area contributed by atoms with Crippen LogP contribution in [0.2, 0.25) is 0 Å². The summed E-state index contributed by atoms with van der Waals surface area (Å²) >= 11 is 3.35. The Labute approximate surface area is 190 Å². The van der Waals surface area contributed by atoms with Crippen LogP contribution in [0.4, 0.5) is 0 Å². The van der Waals surface area contributed by atoms with Crippen molar-refractivity contribution in [2.45, 2.75) is 32.1 Å². The van der Waals surface area contributed by atoms with Crippen LogP contribution in [0.3, 0.4) is 0 Å². The number of carbonyl (C=O) groups excluding carboxylic acids is 2. The molecule has 31 heavy (non-hydrogen) atoms. The number of fused-ring (bicyclic) bond motifs is 3. The smallest absolute Gasteiger partial charge is 0.263 e. The van der Waals surface area contributed by atoms with E-state index in [0.717, 1.165) is 37.0 Å². The number of thiophene rings is 2. The molecule has 0 saturated carbocycles. The van der Waals surface area contributed by atoms with E-state index in [4.69, 9.17) is 0 Å². The molecule has 0 bridgehead atoms. The van der Waals surface area contributed by atoms with Crippen molar-refractivity contribution in [3.63, 3.8) is 0 Å². The minimum atomic E-state index is 0.0100. The summed E-state index contributed by atoms with van der Waals surface area (Å²) < 4.78 is 0. The van der Waals surface area contributed by atoms with Gasteiger partial charge in [0.05, 0.1) is 4.88 Å². The molecule has 4 nitrogen and oxygen atoms in total. The Morgan fingerprint density at radius 3 is 2.65 bits per heavy atom. The fourth-order valence-electron chi connectivity index (χ4n) is 4.59. The van der Waals surface area contributed by atoms with Gasteiger partial charge in [-0.05, 0) is 66.3 Å². The van der Waals surface area contributed by atoms with Gasteiger partial charge in [0.2, 0.25) is 5.91 Å². The van der Waals surface area contributed by atoms with Crippen LogP contribution in [-0.4, -0.2) is 36.3 Å². The molecule has 2 aliphatic rings. The van der Waals surface area contributed by atoms with Gasteiger partial charge in [-0.1, -0.05) is 30.3 Å². The normalized spacial score (nSPS) is 15.9. The Hall–Kier alpha value is -2.44. The third-order valence-corrected chi connectivity index (χ3v) is 8.48. The molecule has 1 saturated heterocycles. The van der Waals surface area contributed by atoms with Gasteiger partial charge in [0.15, 0.2) is 0 Å². The highest BCUT2D eigenvalue weighted by atomic mass is 32.1. The lowest BCUT2D eigenvalue weighted by molar-refractivity contribution is -0.126. The quantitative estimate of drug-likeness (QED) is 0.608. The second-order valence-corrected chi connectivity index (χ2v) is 10.4. The number of hydrogen-bond acceptors (Lipinski definition) is 4. The molecule has 0 spiro atoms. The number of aryl methyl sites for hydroxylation is 2. The second kappa shape index (κ2) is 8.97. The molecule has 0 atom stereocenters. The van der Waals surface area contributed by atoms with Crippen LogP contribution in [0.1, 0.15) is 38.5 Å². The van der Waals surface area contributed by atoms with E-state index in [2.05, 4.69) is 47.1 Å². The minimum Gasteiger partial charge on any atom is -0.355 e. The molecule has 0 unspecified atom stereocenters. The fraction of sp³-hybridized carbons (Fsp3) is 0.360. The van der Waals surface area contributed by atoms with E-state index in [-0.39, 0.29) is 17.7 Å². The Kier molecular flexibility index (Phi) is 5.92. The van der Waals surface area contributed by atoms with Crippen molar-refractivity contribution in [1.82, 2.24) is 10.2 Å². The average molecular weight is 451 g/mol. The molecule has 160 valence electrons. The van der Waals surface area contributed by atoms with E-state index in [1.54, 1.807) is 22.7 Å². The van der Waals surface area contributed by atoms with Gasteiger partial charge in [-0.3, -0.25) is 9.59 Å². The van der Waals surface area contributed by atoms with Crippen molar-refractivity contribution in [3.8, 4) is 10.4 Å². The number of nitrogens with one attached hydrogen (secondary N) is 1. The maximum atomic E-state index is 13.1. The second-order valence-electron chi connectivity index (χ2n) is 8.31. The zero-order chi connectivity index (χ0) is 21.2. The van der Waals surface area contributed by atoms with E-state index in [0.29, 0.717) is 19.6 Å². The number of nitrogens with zero attached hydrogens (tertiary/aromatic N) is 1. The van der Waals surface area contributed by atoms with Crippen LogP contribution in [0, 0.1) is 5.92 Å². The van der Waals surface area contributed by atoms with Gasteiger partial charge in [-0.15, -0.1) is 22.7 Å². The van der Waals surface area contributed by atoms with Crippen molar-refractivity contribution in [3.05, 3.63) is 68.7 Å². The molecule has 2 amide bonds. The summed E-state index contributed by atoms with van der Waals surface area (Å²) in [7, 11) is 0.